The minimum atomic E-state index is -0.965. The summed E-state index contributed by atoms with van der Waals surface area (Å²) in [7, 11) is 1.58. The summed E-state index contributed by atoms with van der Waals surface area (Å²) < 4.78 is 31.8. The third-order valence-electron chi connectivity index (χ3n) is 3.83. The summed E-state index contributed by atoms with van der Waals surface area (Å²) in [6, 6.07) is 9.38. The van der Waals surface area contributed by atoms with E-state index >= 15 is 0 Å². The number of amides is 1. The van der Waals surface area contributed by atoms with E-state index in [1.165, 1.54) is 6.20 Å². The Labute approximate surface area is 143 Å². The highest BCUT2D eigenvalue weighted by molar-refractivity contribution is 6.10. The minimum absolute atomic E-state index is 0.332. The van der Waals surface area contributed by atoms with Gasteiger partial charge in [0.2, 0.25) is 0 Å². The van der Waals surface area contributed by atoms with E-state index < -0.39 is 11.6 Å². The Balaban J connectivity index is 1.81. The normalized spacial score (nSPS) is 11.6. The summed E-state index contributed by atoms with van der Waals surface area (Å²) in [5, 5.41) is 3.11. The fourth-order valence-electron chi connectivity index (χ4n) is 2.46. The van der Waals surface area contributed by atoms with E-state index in [0.29, 0.717) is 22.2 Å². The van der Waals surface area contributed by atoms with Crippen molar-refractivity contribution in [3.05, 3.63) is 65.4 Å². The van der Waals surface area contributed by atoms with Crippen molar-refractivity contribution in [2.75, 3.05) is 12.4 Å². The number of rotatable bonds is 4. The van der Waals surface area contributed by atoms with E-state index in [4.69, 9.17) is 4.74 Å². The number of nitrogens with one attached hydrogen (secondary N) is 2. The molecule has 0 radical (unpaired) electrons. The van der Waals surface area contributed by atoms with Crippen LogP contribution in [0.25, 0.3) is 17.0 Å². The van der Waals surface area contributed by atoms with Gasteiger partial charge in [0.05, 0.1) is 18.3 Å². The summed E-state index contributed by atoms with van der Waals surface area (Å²) in [6.45, 7) is 1.68. The largest absolute Gasteiger partial charge is 0.497 e. The maximum atomic E-state index is 13.4. The zero-order chi connectivity index (χ0) is 18.0. The second kappa shape index (κ2) is 6.76. The van der Waals surface area contributed by atoms with E-state index in [2.05, 4.69) is 10.3 Å². The molecule has 0 saturated heterocycles. The van der Waals surface area contributed by atoms with Crippen LogP contribution in [0.4, 0.5) is 14.5 Å². The lowest BCUT2D eigenvalue weighted by Gasteiger charge is -2.05. The lowest BCUT2D eigenvalue weighted by atomic mass is 10.1. The Morgan fingerprint density at radius 1 is 1.16 bits per heavy atom. The van der Waals surface area contributed by atoms with Crippen molar-refractivity contribution in [3.63, 3.8) is 0 Å². The first-order chi connectivity index (χ1) is 12.0. The van der Waals surface area contributed by atoms with Crippen LogP contribution in [-0.2, 0) is 4.79 Å². The van der Waals surface area contributed by atoms with Crippen LogP contribution in [-0.4, -0.2) is 18.0 Å². The van der Waals surface area contributed by atoms with Crippen molar-refractivity contribution in [1.82, 2.24) is 4.98 Å². The number of aromatic nitrogens is 1. The van der Waals surface area contributed by atoms with Gasteiger partial charge in [0.15, 0.2) is 11.6 Å². The van der Waals surface area contributed by atoms with Crippen molar-refractivity contribution >= 4 is 28.6 Å². The number of fused-ring (bicyclic) bond motifs is 1. The molecule has 0 saturated carbocycles. The summed E-state index contributed by atoms with van der Waals surface area (Å²) in [6.07, 6.45) is 3.23. The summed E-state index contributed by atoms with van der Waals surface area (Å²) in [4.78, 5) is 15.2. The van der Waals surface area contributed by atoms with Crippen LogP contribution in [0.3, 0.4) is 0 Å². The van der Waals surface area contributed by atoms with Gasteiger partial charge in [0, 0.05) is 23.2 Å². The molecule has 0 unspecified atom stereocenters. The average Bonchev–Trinajstić information content (AvgIpc) is 2.97. The molecule has 2 aromatic carbocycles. The number of methoxy groups -OCH3 is 1. The molecule has 0 atom stereocenters. The first-order valence-corrected chi connectivity index (χ1v) is 7.58. The molecule has 0 aliphatic rings. The molecule has 3 aromatic rings. The number of hydrogen-bond acceptors (Lipinski definition) is 2. The molecule has 0 aliphatic heterocycles. The molecular formula is C19H16F2N2O2. The second-order valence-corrected chi connectivity index (χ2v) is 5.57. The molecule has 6 heteroatoms. The van der Waals surface area contributed by atoms with Crippen molar-refractivity contribution < 1.29 is 18.3 Å². The quantitative estimate of drug-likeness (QED) is 0.686. The minimum Gasteiger partial charge on any atom is -0.497 e. The number of hydrogen-bond donors (Lipinski definition) is 2. The van der Waals surface area contributed by atoms with Gasteiger partial charge in [0.25, 0.3) is 5.91 Å². The number of aromatic amines is 1. The van der Waals surface area contributed by atoms with Gasteiger partial charge in [-0.15, -0.1) is 0 Å². The molecule has 1 heterocycles. The predicted molar refractivity (Wildman–Crippen MR) is 93.5 cm³/mol. The number of halogens is 2. The Bertz CT molecular complexity index is 959. The molecule has 3 rings (SSSR count). The SMILES string of the molecule is COc1ccc(/C=C(\C)C(=O)Nc2c[nH]c3cc(F)c(F)cc23)cc1. The molecule has 0 bridgehead atoms. The third kappa shape index (κ3) is 3.52. The highest BCUT2D eigenvalue weighted by atomic mass is 19.2. The first-order valence-electron chi connectivity index (χ1n) is 7.58. The van der Waals surface area contributed by atoms with Crippen molar-refractivity contribution in [3.8, 4) is 5.75 Å². The van der Waals surface area contributed by atoms with Crippen molar-refractivity contribution in [1.29, 1.82) is 0 Å². The molecular weight excluding hydrogens is 326 g/mol. The Hall–Kier alpha value is -3.15. The Kier molecular flexibility index (Phi) is 4.52. The molecule has 25 heavy (non-hydrogen) atoms. The summed E-state index contributed by atoms with van der Waals surface area (Å²) in [5.41, 5.74) is 2.12. The summed E-state index contributed by atoms with van der Waals surface area (Å²) >= 11 is 0. The molecule has 0 aliphatic carbocycles. The van der Waals surface area contributed by atoms with Crippen LogP contribution in [0.2, 0.25) is 0 Å². The van der Waals surface area contributed by atoms with E-state index in [1.54, 1.807) is 32.2 Å². The maximum Gasteiger partial charge on any atom is 0.251 e. The smallest absolute Gasteiger partial charge is 0.251 e. The second-order valence-electron chi connectivity index (χ2n) is 5.57. The highest BCUT2D eigenvalue weighted by Crippen LogP contribution is 2.26. The van der Waals surface area contributed by atoms with Crippen LogP contribution in [0.5, 0.6) is 5.75 Å². The number of carbonyl (C=O) groups excluding carboxylic acids is 1. The van der Waals surface area contributed by atoms with Gasteiger partial charge in [-0.3, -0.25) is 4.79 Å². The Morgan fingerprint density at radius 3 is 2.52 bits per heavy atom. The number of carbonyl (C=O) groups is 1. The first kappa shape index (κ1) is 16.7. The fraction of sp³-hybridized carbons (Fsp3) is 0.105. The van der Waals surface area contributed by atoms with Crippen molar-refractivity contribution in [2.45, 2.75) is 6.92 Å². The van der Waals surface area contributed by atoms with Crippen LogP contribution in [0, 0.1) is 11.6 Å². The molecule has 0 spiro atoms. The number of benzene rings is 2. The molecule has 128 valence electrons. The molecule has 2 N–H and O–H groups in total. The van der Waals surface area contributed by atoms with Crippen LogP contribution in [0.1, 0.15) is 12.5 Å². The van der Waals surface area contributed by atoms with Crippen molar-refractivity contribution in [2.24, 2.45) is 0 Å². The van der Waals surface area contributed by atoms with E-state index in [0.717, 1.165) is 23.4 Å². The van der Waals surface area contributed by atoms with E-state index in [-0.39, 0.29) is 5.91 Å². The average molecular weight is 342 g/mol. The molecule has 1 amide bonds. The summed E-state index contributed by atoms with van der Waals surface area (Å²) in [5.74, 6) is -1.51. The topological polar surface area (TPSA) is 54.1 Å². The van der Waals surface area contributed by atoms with Gasteiger partial charge >= 0.3 is 0 Å². The van der Waals surface area contributed by atoms with Crippen LogP contribution < -0.4 is 10.1 Å². The van der Waals surface area contributed by atoms with Crippen LogP contribution >= 0.6 is 0 Å². The van der Waals surface area contributed by atoms with E-state index in [1.807, 2.05) is 12.1 Å². The van der Waals surface area contributed by atoms with Gasteiger partial charge < -0.3 is 15.0 Å². The van der Waals surface area contributed by atoms with E-state index in [9.17, 15) is 13.6 Å². The zero-order valence-electron chi connectivity index (χ0n) is 13.7. The number of H-pyrrole nitrogens is 1. The molecule has 0 fully saturated rings. The molecule has 4 nitrogen and oxygen atoms in total. The highest BCUT2D eigenvalue weighted by Gasteiger charge is 2.12. The lowest BCUT2D eigenvalue weighted by Crippen LogP contribution is -2.12. The standard InChI is InChI=1S/C19H16F2N2O2/c1-11(7-12-3-5-13(25-2)6-4-12)19(24)23-18-10-22-17-9-16(21)15(20)8-14(17)18/h3-10,22H,1-2H3,(H,23,24)/b11-7+. The third-order valence-corrected chi connectivity index (χ3v) is 3.83. The zero-order valence-corrected chi connectivity index (χ0v) is 13.7. The van der Waals surface area contributed by atoms with Crippen LogP contribution in [0.15, 0.2) is 48.2 Å². The van der Waals surface area contributed by atoms with Gasteiger partial charge in [0.1, 0.15) is 5.75 Å². The van der Waals surface area contributed by atoms with Gasteiger partial charge in [-0.2, -0.15) is 0 Å². The van der Waals surface area contributed by atoms with Gasteiger partial charge in [-0.05, 0) is 36.8 Å². The number of anilines is 1. The van der Waals surface area contributed by atoms with Gasteiger partial charge in [-0.25, -0.2) is 8.78 Å². The fourth-order valence-corrected chi connectivity index (χ4v) is 2.46. The monoisotopic (exact) mass is 342 g/mol. The Morgan fingerprint density at radius 2 is 1.84 bits per heavy atom. The molecule has 1 aromatic heterocycles. The van der Waals surface area contributed by atoms with Gasteiger partial charge in [-0.1, -0.05) is 12.1 Å². The lowest BCUT2D eigenvalue weighted by molar-refractivity contribution is -0.112. The maximum absolute atomic E-state index is 13.4. The number of ether oxygens (including phenoxy) is 1. The predicted octanol–water partition coefficient (Wildman–Crippen LogP) is 4.50.